The molecule has 0 aromatic rings. The summed E-state index contributed by atoms with van der Waals surface area (Å²) in [7, 11) is 0. The molecule has 4 N–H and O–H groups in total. The fraction of sp³-hybridized carbons (Fsp3) is 0.900. The van der Waals surface area contributed by atoms with Crippen molar-refractivity contribution in [1.29, 1.82) is 0 Å². The summed E-state index contributed by atoms with van der Waals surface area (Å²) in [6.45, 7) is 9.80. The lowest BCUT2D eigenvalue weighted by Gasteiger charge is -2.04. The summed E-state index contributed by atoms with van der Waals surface area (Å²) in [5, 5.41) is 14.7. The number of hydrogen-bond acceptors (Lipinski definition) is 3. The molecule has 0 bridgehead atoms. The molecule has 0 aromatic heterocycles. The van der Waals surface area contributed by atoms with Gasteiger partial charge in [0.25, 0.3) is 0 Å². The number of rotatable bonds is 4. The molecule has 0 atom stereocenters. The fourth-order valence-corrected chi connectivity index (χ4v) is 2.10. The number of nitrogens with zero attached hydrogens (tertiary/aromatic N) is 1. The normalized spacial score (nSPS) is 25.0. The second-order valence-corrected chi connectivity index (χ2v) is 5.17. The van der Waals surface area contributed by atoms with Gasteiger partial charge in [-0.15, -0.1) is 0 Å². The van der Waals surface area contributed by atoms with Gasteiger partial charge in [0.2, 0.25) is 0 Å². The van der Waals surface area contributed by atoms with Crippen LogP contribution in [0, 0.1) is 10.8 Å². The second-order valence-electron chi connectivity index (χ2n) is 5.17. The first-order chi connectivity index (χ1) is 6.34. The fourth-order valence-electron chi connectivity index (χ4n) is 2.10. The van der Waals surface area contributed by atoms with Crippen molar-refractivity contribution in [1.82, 2.24) is 5.32 Å². The zero-order valence-corrected chi connectivity index (χ0v) is 9.46. The van der Waals surface area contributed by atoms with Crippen LogP contribution in [0.2, 0.25) is 0 Å². The lowest BCUT2D eigenvalue weighted by molar-refractivity contribution is 0.316. The molecule has 14 heavy (non-hydrogen) atoms. The van der Waals surface area contributed by atoms with Gasteiger partial charge in [0.1, 0.15) is 5.84 Å². The first kappa shape index (κ1) is 11.3. The van der Waals surface area contributed by atoms with Crippen molar-refractivity contribution in [3.05, 3.63) is 0 Å². The van der Waals surface area contributed by atoms with Gasteiger partial charge in [0.05, 0.1) is 0 Å². The molecule has 4 heteroatoms. The zero-order valence-electron chi connectivity index (χ0n) is 9.46. The largest absolute Gasteiger partial charge is 0.409 e. The van der Waals surface area contributed by atoms with Crippen LogP contribution in [0.15, 0.2) is 5.16 Å². The van der Waals surface area contributed by atoms with E-state index in [0.717, 1.165) is 6.54 Å². The molecule has 1 rings (SSSR count). The smallest absolute Gasteiger partial charge is 0.140 e. The molecule has 1 saturated carbocycles. The van der Waals surface area contributed by atoms with Crippen molar-refractivity contribution in [2.24, 2.45) is 21.7 Å². The van der Waals surface area contributed by atoms with Gasteiger partial charge < -0.3 is 16.3 Å². The quantitative estimate of drug-likeness (QED) is 0.275. The molecule has 0 saturated heterocycles. The van der Waals surface area contributed by atoms with E-state index in [1.54, 1.807) is 0 Å². The van der Waals surface area contributed by atoms with Crippen LogP contribution in [0.5, 0.6) is 0 Å². The van der Waals surface area contributed by atoms with Crippen molar-refractivity contribution in [3.63, 3.8) is 0 Å². The van der Waals surface area contributed by atoms with E-state index in [-0.39, 0.29) is 5.84 Å². The highest BCUT2D eigenvalue weighted by Crippen LogP contribution is 2.62. The maximum Gasteiger partial charge on any atom is 0.140 e. The first-order valence-corrected chi connectivity index (χ1v) is 5.04. The third kappa shape index (κ3) is 1.71. The highest BCUT2D eigenvalue weighted by atomic mass is 16.4. The Morgan fingerprint density at radius 3 is 2.21 bits per heavy atom. The van der Waals surface area contributed by atoms with Crippen LogP contribution in [0.3, 0.4) is 0 Å². The van der Waals surface area contributed by atoms with Crippen molar-refractivity contribution >= 4 is 5.84 Å². The van der Waals surface area contributed by atoms with Gasteiger partial charge in [0, 0.05) is 19.0 Å². The summed E-state index contributed by atoms with van der Waals surface area (Å²) < 4.78 is 0. The summed E-state index contributed by atoms with van der Waals surface area (Å²) in [6, 6.07) is 0.529. The van der Waals surface area contributed by atoms with Gasteiger partial charge in [-0.1, -0.05) is 32.9 Å². The van der Waals surface area contributed by atoms with Crippen LogP contribution in [0.25, 0.3) is 0 Å². The molecule has 0 spiro atoms. The number of nitrogens with one attached hydrogen (secondary N) is 1. The van der Waals surface area contributed by atoms with E-state index in [9.17, 15) is 0 Å². The maximum absolute atomic E-state index is 8.36. The Bertz CT molecular complexity index is 232. The predicted molar refractivity (Wildman–Crippen MR) is 57.4 cm³/mol. The minimum absolute atomic E-state index is 0.286. The van der Waals surface area contributed by atoms with Gasteiger partial charge in [-0.3, -0.25) is 0 Å². The number of amidine groups is 1. The Morgan fingerprint density at radius 1 is 1.36 bits per heavy atom. The van der Waals surface area contributed by atoms with Crippen molar-refractivity contribution in [2.45, 2.75) is 40.2 Å². The summed E-state index contributed by atoms with van der Waals surface area (Å²) >= 11 is 0. The Kier molecular flexibility index (Phi) is 2.76. The Hall–Kier alpha value is -0.770. The standard InChI is InChI=1S/C10H21N3O/c1-9(2)8(10(9,3)4)12-6-5-7(11)13-14/h8,12,14H,5-6H2,1-4H3,(H2,11,13). The van der Waals surface area contributed by atoms with Gasteiger partial charge in [0.15, 0.2) is 0 Å². The van der Waals surface area contributed by atoms with Crippen LogP contribution in [-0.4, -0.2) is 23.6 Å². The Morgan fingerprint density at radius 2 is 1.86 bits per heavy atom. The second kappa shape index (κ2) is 3.42. The van der Waals surface area contributed by atoms with E-state index in [0.29, 0.717) is 23.3 Å². The third-order valence-electron chi connectivity index (χ3n) is 3.88. The van der Waals surface area contributed by atoms with Gasteiger partial charge in [-0.2, -0.15) is 0 Å². The topological polar surface area (TPSA) is 70.6 Å². The molecule has 1 aliphatic rings. The first-order valence-electron chi connectivity index (χ1n) is 5.04. The average Bonchev–Trinajstić information content (AvgIpc) is 2.47. The van der Waals surface area contributed by atoms with Crippen LogP contribution in [-0.2, 0) is 0 Å². The van der Waals surface area contributed by atoms with E-state index in [2.05, 4.69) is 38.2 Å². The molecular formula is C10H21N3O. The molecule has 0 aliphatic heterocycles. The molecule has 1 aliphatic carbocycles. The van der Waals surface area contributed by atoms with E-state index < -0.39 is 0 Å². The molecule has 0 unspecified atom stereocenters. The van der Waals surface area contributed by atoms with Crippen molar-refractivity contribution in [2.75, 3.05) is 6.54 Å². The van der Waals surface area contributed by atoms with Crippen LogP contribution < -0.4 is 11.1 Å². The molecule has 0 amide bonds. The van der Waals surface area contributed by atoms with E-state index in [4.69, 9.17) is 10.9 Å². The average molecular weight is 199 g/mol. The molecule has 0 aromatic carbocycles. The molecule has 1 fully saturated rings. The van der Waals surface area contributed by atoms with Crippen molar-refractivity contribution < 1.29 is 5.21 Å². The highest BCUT2D eigenvalue weighted by molar-refractivity contribution is 5.79. The summed E-state index contributed by atoms with van der Waals surface area (Å²) in [4.78, 5) is 0. The Labute approximate surface area is 85.6 Å². The SMILES string of the molecule is CC1(C)C(NCCC(N)=NO)C1(C)C. The monoisotopic (exact) mass is 199 g/mol. The zero-order chi connectivity index (χ0) is 11.0. The van der Waals surface area contributed by atoms with E-state index in [1.165, 1.54) is 0 Å². The lowest BCUT2D eigenvalue weighted by atomic mass is 10.0. The van der Waals surface area contributed by atoms with Crippen LogP contribution >= 0.6 is 0 Å². The molecular weight excluding hydrogens is 178 g/mol. The van der Waals surface area contributed by atoms with E-state index in [1.807, 2.05) is 0 Å². The predicted octanol–water partition coefficient (Wildman–Crippen LogP) is 1.15. The maximum atomic E-state index is 8.36. The lowest BCUT2D eigenvalue weighted by Crippen LogP contribution is -2.27. The van der Waals surface area contributed by atoms with Crippen LogP contribution in [0.4, 0.5) is 0 Å². The minimum atomic E-state index is 0.286. The number of nitrogens with two attached hydrogens (primary N) is 1. The minimum Gasteiger partial charge on any atom is -0.409 e. The van der Waals surface area contributed by atoms with Gasteiger partial charge in [-0.25, -0.2) is 0 Å². The third-order valence-corrected chi connectivity index (χ3v) is 3.88. The Balaban J connectivity index is 2.29. The molecule has 0 radical (unpaired) electrons. The highest BCUT2D eigenvalue weighted by Gasteiger charge is 2.64. The summed E-state index contributed by atoms with van der Waals surface area (Å²) in [5.74, 6) is 0.286. The summed E-state index contributed by atoms with van der Waals surface area (Å²) in [5.41, 5.74) is 6.07. The summed E-state index contributed by atoms with van der Waals surface area (Å²) in [6.07, 6.45) is 0.596. The van der Waals surface area contributed by atoms with Gasteiger partial charge >= 0.3 is 0 Å². The number of oxime groups is 1. The van der Waals surface area contributed by atoms with Crippen molar-refractivity contribution in [3.8, 4) is 0 Å². The molecule has 0 heterocycles. The number of hydrogen-bond donors (Lipinski definition) is 3. The van der Waals surface area contributed by atoms with Gasteiger partial charge in [-0.05, 0) is 10.8 Å². The van der Waals surface area contributed by atoms with E-state index >= 15 is 0 Å². The van der Waals surface area contributed by atoms with Crippen LogP contribution in [0.1, 0.15) is 34.1 Å². The molecule has 82 valence electrons. The molecule has 4 nitrogen and oxygen atoms in total.